The number of amides is 1. The fourth-order valence-electron chi connectivity index (χ4n) is 2.37. The standard InChI is InChI=1S/C17H20N2O2/c1-3-17(16(18)21,13-6-10-15(20)11-7-13)19-14-8-4-12(2)5-9-14/h4-11,19-20H,3H2,1-2H3,(H2,18,21). The minimum atomic E-state index is -0.997. The van der Waals surface area contributed by atoms with Crippen molar-refractivity contribution in [2.45, 2.75) is 25.8 Å². The zero-order valence-electron chi connectivity index (χ0n) is 12.3. The molecule has 0 saturated carbocycles. The van der Waals surface area contributed by atoms with Gasteiger partial charge in [0.15, 0.2) is 0 Å². The topological polar surface area (TPSA) is 75.3 Å². The largest absolute Gasteiger partial charge is 0.508 e. The monoisotopic (exact) mass is 284 g/mol. The lowest BCUT2D eigenvalue weighted by atomic mass is 9.86. The maximum Gasteiger partial charge on any atom is 0.247 e. The first-order valence-electron chi connectivity index (χ1n) is 6.92. The van der Waals surface area contributed by atoms with Gasteiger partial charge in [0.2, 0.25) is 5.91 Å². The number of anilines is 1. The predicted molar refractivity (Wildman–Crippen MR) is 84.1 cm³/mol. The molecule has 0 aliphatic heterocycles. The molecule has 4 nitrogen and oxygen atoms in total. The van der Waals surface area contributed by atoms with Crippen LogP contribution in [0.4, 0.5) is 5.69 Å². The minimum Gasteiger partial charge on any atom is -0.508 e. The third kappa shape index (κ3) is 2.99. The van der Waals surface area contributed by atoms with Crippen molar-refractivity contribution in [2.75, 3.05) is 5.32 Å². The maximum absolute atomic E-state index is 12.1. The number of aryl methyl sites for hydroxylation is 1. The van der Waals surface area contributed by atoms with Crippen LogP contribution < -0.4 is 11.1 Å². The minimum absolute atomic E-state index is 0.156. The molecule has 110 valence electrons. The lowest BCUT2D eigenvalue weighted by Gasteiger charge is -2.32. The van der Waals surface area contributed by atoms with E-state index in [0.29, 0.717) is 6.42 Å². The van der Waals surface area contributed by atoms with Crippen molar-refractivity contribution in [1.82, 2.24) is 0 Å². The van der Waals surface area contributed by atoms with Crippen LogP contribution in [0, 0.1) is 6.92 Å². The van der Waals surface area contributed by atoms with Crippen molar-refractivity contribution in [1.29, 1.82) is 0 Å². The highest BCUT2D eigenvalue weighted by atomic mass is 16.3. The second-order valence-electron chi connectivity index (χ2n) is 5.16. The van der Waals surface area contributed by atoms with E-state index in [9.17, 15) is 9.90 Å². The number of aromatic hydroxyl groups is 1. The van der Waals surface area contributed by atoms with Gasteiger partial charge in [0.25, 0.3) is 0 Å². The van der Waals surface area contributed by atoms with E-state index in [1.165, 1.54) is 0 Å². The number of rotatable bonds is 5. The van der Waals surface area contributed by atoms with Crippen LogP contribution in [0.5, 0.6) is 5.75 Å². The molecule has 0 aliphatic rings. The van der Waals surface area contributed by atoms with Gasteiger partial charge in [-0.1, -0.05) is 36.8 Å². The molecule has 0 bridgehead atoms. The van der Waals surface area contributed by atoms with Crippen LogP contribution in [-0.4, -0.2) is 11.0 Å². The Labute approximate surface area is 124 Å². The zero-order chi connectivity index (χ0) is 15.5. The first-order valence-corrected chi connectivity index (χ1v) is 6.92. The van der Waals surface area contributed by atoms with E-state index < -0.39 is 11.4 Å². The molecule has 1 atom stereocenters. The lowest BCUT2D eigenvalue weighted by molar-refractivity contribution is -0.122. The highest BCUT2D eigenvalue weighted by Crippen LogP contribution is 2.31. The summed E-state index contributed by atoms with van der Waals surface area (Å²) in [6.45, 7) is 3.91. The van der Waals surface area contributed by atoms with Crippen LogP contribution in [0.1, 0.15) is 24.5 Å². The maximum atomic E-state index is 12.1. The summed E-state index contributed by atoms with van der Waals surface area (Å²) in [4.78, 5) is 12.1. The number of nitrogens with two attached hydrogens (primary N) is 1. The molecule has 2 aromatic carbocycles. The molecule has 1 amide bonds. The molecule has 0 fully saturated rings. The number of nitrogens with one attached hydrogen (secondary N) is 1. The Bertz CT molecular complexity index is 620. The molecule has 4 heteroatoms. The van der Waals surface area contributed by atoms with Crippen molar-refractivity contribution in [3.63, 3.8) is 0 Å². The van der Waals surface area contributed by atoms with Crippen LogP contribution in [0.2, 0.25) is 0 Å². The fourth-order valence-corrected chi connectivity index (χ4v) is 2.37. The van der Waals surface area contributed by atoms with E-state index in [0.717, 1.165) is 16.8 Å². The van der Waals surface area contributed by atoms with Crippen LogP contribution >= 0.6 is 0 Å². The molecule has 2 aromatic rings. The molecular formula is C17H20N2O2. The van der Waals surface area contributed by atoms with Crippen molar-refractivity contribution in [3.05, 3.63) is 59.7 Å². The van der Waals surface area contributed by atoms with Gasteiger partial charge in [-0.25, -0.2) is 0 Å². The molecule has 0 radical (unpaired) electrons. The Balaban J connectivity index is 2.44. The van der Waals surface area contributed by atoms with E-state index in [1.807, 2.05) is 38.1 Å². The van der Waals surface area contributed by atoms with Gasteiger partial charge < -0.3 is 16.2 Å². The van der Waals surface area contributed by atoms with Crippen LogP contribution in [0.15, 0.2) is 48.5 Å². The lowest BCUT2D eigenvalue weighted by Crippen LogP contribution is -2.47. The molecule has 4 N–H and O–H groups in total. The second-order valence-corrected chi connectivity index (χ2v) is 5.16. The third-order valence-corrected chi connectivity index (χ3v) is 3.72. The van der Waals surface area contributed by atoms with E-state index >= 15 is 0 Å². The quantitative estimate of drug-likeness (QED) is 0.790. The van der Waals surface area contributed by atoms with Gasteiger partial charge in [-0.05, 0) is 43.2 Å². The van der Waals surface area contributed by atoms with E-state index in [1.54, 1.807) is 24.3 Å². The molecule has 0 aromatic heterocycles. The van der Waals surface area contributed by atoms with E-state index in [4.69, 9.17) is 5.73 Å². The molecule has 0 saturated heterocycles. The molecule has 21 heavy (non-hydrogen) atoms. The van der Waals surface area contributed by atoms with Gasteiger partial charge >= 0.3 is 0 Å². The van der Waals surface area contributed by atoms with Gasteiger partial charge in [-0.3, -0.25) is 4.79 Å². The summed E-state index contributed by atoms with van der Waals surface area (Å²) in [5.74, 6) is -0.292. The summed E-state index contributed by atoms with van der Waals surface area (Å²) in [5, 5.41) is 12.7. The van der Waals surface area contributed by atoms with Crippen molar-refractivity contribution < 1.29 is 9.90 Å². The predicted octanol–water partition coefficient (Wildman–Crippen LogP) is 2.90. The first-order chi connectivity index (χ1) is 9.98. The Morgan fingerprint density at radius 3 is 2.19 bits per heavy atom. The number of phenolic OH excluding ortho intramolecular Hbond substituents is 1. The van der Waals surface area contributed by atoms with Gasteiger partial charge in [-0.2, -0.15) is 0 Å². The summed E-state index contributed by atoms with van der Waals surface area (Å²) in [6.07, 6.45) is 0.501. The van der Waals surface area contributed by atoms with Gasteiger partial charge in [0, 0.05) is 5.69 Å². The fraction of sp³-hybridized carbons (Fsp3) is 0.235. The van der Waals surface area contributed by atoms with Crippen molar-refractivity contribution in [3.8, 4) is 5.75 Å². The zero-order valence-corrected chi connectivity index (χ0v) is 12.3. The number of carbonyl (C=O) groups is 1. The Hall–Kier alpha value is -2.49. The summed E-state index contributed by atoms with van der Waals surface area (Å²) >= 11 is 0. The summed E-state index contributed by atoms with van der Waals surface area (Å²) in [5.41, 5.74) is 7.37. The highest BCUT2D eigenvalue weighted by Gasteiger charge is 2.36. The summed E-state index contributed by atoms with van der Waals surface area (Å²) < 4.78 is 0. The number of primary amides is 1. The molecule has 2 rings (SSSR count). The highest BCUT2D eigenvalue weighted by molar-refractivity contribution is 5.89. The SMILES string of the molecule is CCC(Nc1ccc(C)cc1)(C(N)=O)c1ccc(O)cc1. The number of benzene rings is 2. The molecule has 0 spiro atoms. The number of phenols is 1. The van der Waals surface area contributed by atoms with Crippen LogP contribution in [0.3, 0.4) is 0 Å². The van der Waals surface area contributed by atoms with Crippen molar-refractivity contribution in [2.24, 2.45) is 5.73 Å². The Kier molecular flexibility index (Phi) is 4.17. The van der Waals surface area contributed by atoms with Gasteiger partial charge in [-0.15, -0.1) is 0 Å². The number of hydrogen-bond acceptors (Lipinski definition) is 3. The Morgan fingerprint density at radius 1 is 1.14 bits per heavy atom. The molecule has 0 heterocycles. The average Bonchev–Trinajstić information content (AvgIpc) is 2.47. The summed E-state index contributed by atoms with van der Waals surface area (Å²) in [6, 6.07) is 14.3. The van der Waals surface area contributed by atoms with E-state index in [-0.39, 0.29) is 5.75 Å². The molecular weight excluding hydrogens is 264 g/mol. The van der Waals surface area contributed by atoms with E-state index in [2.05, 4.69) is 5.32 Å². The Morgan fingerprint density at radius 2 is 1.71 bits per heavy atom. The first kappa shape index (κ1) is 14.9. The molecule has 0 aliphatic carbocycles. The van der Waals surface area contributed by atoms with Gasteiger partial charge in [0.05, 0.1) is 0 Å². The van der Waals surface area contributed by atoms with Crippen molar-refractivity contribution >= 4 is 11.6 Å². The smallest absolute Gasteiger partial charge is 0.247 e. The third-order valence-electron chi connectivity index (χ3n) is 3.72. The van der Waals surface area contributed by atoms with Gasteiger partial charge in [0.1, 0.15) is 11.3 Å². The normalized spacial score (nSPS) is 13.4. The molecule has 1 unspecified atom stereocenters. The van der Waals surface area contributed by atoms with Crippen LogP contribution in [0.25, 0.3) is 0 Å². The summed E-state index contributed by atoms with van der Waals surface area (Å²) in [7, 11) is 0. The number of carbonyl (C=O) groups excluding carboxylic acids is 1. The average molecular weight is 284 g/mol. The van der Waals surface area contributed by atoms with Crippen LogP contribution in [-0.2, 0) is 10.3 Å². The number of hydrogen-bond donors (Lipinski definition) is 3. The second kappa shape index (κ2) is 5.87.